The zero-order valence-electron chi connectivity index (χ0n) is 10.9. The molecule has 0 radical (unpaired) electrons. The zero-order chi connectivity index (χ0) is 14.5. The first-order valence-electron chi connectivity index (χ1n) is 5.89. The zero-order valence-corrected chi connectivity index (χ0v) is 12.4. The smallest absolute Gasteiger partial charge is 0.144 e. The van der Waals surface area contributed by atoms with Crippen LogP contribution in [0.5, 0.6) is 0 Å². The predicted molar refractivity (Wildman–Crippen MR) is 79.8 cm³/mol. The van der Waals surface area contributed by atoms with Gasteiger partial charge in [0, 0.05) is 29.6 Å². The van der Waals surface area contributed by atoms with Crippen LogP contribution in [0.15, 0.2) is 24.3 Å². The van der Waals surface area contributed by atoms with Crippen molar-refractivity contribution in [3.05, 3.63) is 51.4 Å². The summed E-state index contributed by atoms with van der Waals surface area (Å²) in [5.74, 6) is 6.49. The molecule has 0 aliphatic heterocycles. The summed E-state index contributed by atoms with van der Waals surface area (Å²) in [5.41, 5.74) is 4.02. The highest BCUT2D eigenvalue weighted by Crippen LogP contribution is 2.26. The van der Waals surface area contributed by atoms with E-state index in [1.54, 1.807) is 31.4 Å². The van der Waals surface area contributed by atoms with Crippen molar-refractivity contribution in [3.63, 3.8) is 0 Å². The molecule has 5 nitrogen and oxygen atoms in total. The molecule has 0 amide bonds. The average Bonchev–Trinajstić information content (AvgIpc) is 2.43. The third kappa shape index (κ3) is 3.58. The van der Waals surface area contributed by atoms with Crippen molar-refractivity contribution in [3.8, 4) is 0 Å². The molecule has 1 heterocycles. The van der Waals surface area contributed by atoms with Crippen LogP contribution < -0.4 is 11.3 Å². The van der Waals surface area contributed by atoms with Gasteiger partial charge in [-0.05, 0) is 17.7 Å². The molecule has 0 aliphatic rings. The largest absolute Gasteiger partial charge is 0.378 e. The van der Waals surface area contributed by atoms with Crippen LogP contribution in [-0.4, -0.2) is 17.1 Å². The Kier molecular flexibility index (Phi) is 5.14. The molecule has 1 aromatic carbocycles. The molecule has 0 aliphatic carbocycles. The van der Waals surface area contributed by atoms with Gasteiger partial charge in [-0.1, -0.05) is 29.3 Å². The number of ether oxygens (including phenoxy) is 1. The highest BCUT2D eigenvalue weighted by atomic mass is 35.5. The second-order valence-electron chi connectivity index (χ2n) is 4.12. The van der Waals surface area contributed by atoms with Gasteiger partial charge >= 0.3 is 0 Å². The molecule has 1 aromatic heterocycles. The summed E-state index contributed by atoms with van der Waals surface area (Å²) in [7, 11) is 1.60. The van der Waals surface area contributed by atoms with E-state index in [1.807, 2.05) is 0 Å². The first-order chi connectivity index (χ1) is 9.63. The number of anilines is 1. The van der Waals surface area contributed by atoms with Gasteiger partial charge in [-0.25, -0.2) is 15.8 Å². The third-order valence-electron chi connectivity index (χ3n) is 2.66. The van der Waals surface area contributed by atoms with E-state index >= 15 is 0 Å². The van der Waals surface area contributed by atoms with E-state index in [0.29, 0.717) is 34.7 Å². The van der Waals surface area contributed by atoms with Crippen LogP contribution >= 0.6 is 23.2 Å². The Hall–Kier alpha value is -1.40. The van der Waals surface area contributed by atoms with Crippen molar-refractivity contribution in [1.82, 2.24) is 9.97 Å². The summed E-state index contributed by atoms with van der Waals surface area (Å²) in [5, 5.41) is 1.17. The number of nitrogens with zero attached hydrogens (tertiary/aromatic N) is 2. The van der Waals surface area contributed by atoms with Crippen molar-refractivity contribution in [1.29, 1.82) is 0 Å². The number of nitrogens with one attached hydrogen (secondary N) is 1. The molecule has 0 fully saturated rings. The Morgan fingerprint density at radius 3 is 2.55 bits per heavy atom. The van der Waals surface area contributed by atoms with Crippen molar-refractivity contribution in [2.75, 3.05) is 12.5 Å². The second-order valence-corrected chi connectivity index (χ2v) is 4.93. The number of hydrazine groups is 1. The van der Waals surface area contributed by atoms with E-state index in [4.69, 9.17) is 33.8 Å². The summed E-state index contributed by atoms with van der Waals surface area (Å²) in [6, 6.07) is 7.08. The third-order valence-corrected chi connectivity index (χ3v) is 3.37. The number of hydrogen-bond acceptors (Lipinski definition) is 5. The van der Waals surface area contributed by atoms with Crippen LogP contribution in [0.4, 0.5) is 5.82 Å². The van der Waals surface area contributed by atoms with Gasteiger partial charge < -0.3 is 10.2 Å². The van der Waals surface area contributed by atoms with Gasteiger partial charge in [0.05, 0.1) is 12.3 Å². The molecule has 20 heavy (non-hydrogen) atoms. The highest BCUT2D eigenvalue weighted by Gasteiger charge is 2.10. The maximum atomic E-state index is 6.15. The first kappa shape index (κ1) is 15.0. The van der Waals surface area contributed by atoms with Crippen LogP contribution in [0.2, 0.25) is 10.0 Å². The normalized spacial score (nSPS) is 10.6. The molecule has 0 saturated carbocycles. The molecule has 0 spiro atoms. The van der Waals surface area contributed by atoms with E-state index in [1.165, 1.54) is 0 Å². The lowest BCUT2D eigenvalue weighted by molar-refractivity contribution is 0.181. The molecule has 2 aromatic rings. The van der Waals surface area contributed by atoms with Gasteiger partial charge in [0.2, 0.25) is 0 Å². The van der Waals surface area contributed by atoms with Crippen LogP contribution in [0.25, 0.3) is 0 Å². The Labute approximate surface area is 127 Å². The molecule has 0 bridgehead atoms. The summed E-state index contributed by atoms with van der Waals surface area (Å²) >= 11 is 12.3. The fourth-order valence-corrected chi connectivity index (χ4v) is 2.32. The lowest BCUT2D eigenvalue weighted by Crippen LogP contribution is -2.12. The van der Waals surface area contributed by atoms with E-state index in [-0.39, 0.29) is 0 Å². The maximum absolute atomic E-state index is 6.15. The summed E-state index contributed by atoms with van der Waals surface area (Å²) in [6.07, 6.45) is 0.421. The van der Waals surface area contributed by atoms with Gasteiger partial charge in [-0.15, -0.1) is 0 Å². The monoisotopic (exact) mass is 312 g/mol. The second kappa shape index (κ2) is 6.85. The number of hydrogen-bond donors (Lipinski definition) is 2. The Balaban J connectivity index is 2.35. The van der Waals surface area contributed by atoms with Gasteiger partial charge in [-0.3, -0.25) is 0 Å². The summed E-state index contributed by atoms with van der Waals surface area (Å²) in [6.45, 7) is 0.375. The minimum Gasteiger partial charge on any atom is -0.378 e. The van der Waals surface area contributed by atoms with E-state index in [2.05, 4.69) is 15.4 Å². The predicted octanol–water partition coefficient (Wildman–Crippen LogP) is 2.81. The summed E-state index contributed by atoms with van der Waals surface area (Å²) < 4.78 is 5.07. The minimum absolute atomic E-state index is 0.375. The van der Waals surface area contributed by atoms with Crippen molar-refractivity contribution >= 4 is 29.0 Å². The standard InChI is InChI=1S/C13H14Cl2N4O/c1-20-7-8-5-13(19-16)18-12(17-8)6-9-10(14)3-2-4-11(9)15/h2-5H,6-7,16H2,1H3,(H,17,18,19). The fourth-order valence-electron chi connectivity index (χ4n) is 1.79. The Morgan fingerprint density at radius 2 is 1.95 bits per heavy atom. The lowest BCUT2D eigenvalue weighted by Gasteiger charge is -2.09. The number of rotatable bonds is 5. The molecule has 7 heteroatoms. The van der Waals surface area contributed by atoms with E-state index < -0.39 is 0 Å². The lowest BCUT2D eigenvalue weighted by atomic mass is 10.1. The van der Waals surface area contributed by atoms with E-state index in [9.17, 15) is 0 Å². The van der Waals surface area contributed by atoms with Crippen molar-refractivity contribution < 1.29 is 4.74 Å². The minimum atomic E-state index is 0.375. The Morgan fingerprint density at radius 1 is 1.25 bits per heavy atom. The van der Waals surface area contributed by atoms with Crippen LogP contribution in [0.1, 0.15) is 17.1 Å². The number of halogens is 2. The van der Waals surface area contributed by atoms with Gasteiger partial charge in [0.1, 0.15) is 11.6 Å². The molecule has 0 saturated heterocycles. The molecule has 0 atom stereocenters. The van der Waals surface area contributed by atoms with Crippen LogP contribution in [-0.2, 0) is 17.8 Å². The SMILES string of the molecule is COCc1cc(NN)nc(Cc2c(Cl)cccc2Cl)n1. The molecule has 106 valence electrons. The number of aromatic nitrogens is 2. The fraction of sp³-hybridized carbons (Fsp3) is 0.231. The number of benzene rings is 1. The molecular formula is C13H14Cl2N4O. The molecule has 2 rings (SSSR count). The molecule has 3 N–H and O–H groups in total. The molecular weight excluding hydrogens is 299 g/mol. The Bertz CT molecular complexity index is 587. The van der Waals surface area contributed by atoms with Gasteiger partial charge in [-0.2, -0.15) is 0 Å². The maximum Gasteiger partial charge on any atom is 0.144 e. The average molecular weight is 313 g/mol. The molecule has 0 unspecified atom stereocenters. The van der Waals surface area contributed by atoms with Crippen LogP contribution in [0, 0.1) is 0 Å². The van der Waals surface area contributed by atoms with E-state index in [0.717, 1.165) is 11.3 Å². The van der Waals surface area contributed by atoms with Gasteiger partial charge in [0.15, 0.2) is 0 Å². The first-order valence-corrected chi connectivity index (χ1v) is 6.65. The highest BCUT2D eigenvalue weighted by molar-refractivity contribution is 6.36. The van der Waals surface area contributed by atoms with Crippen LogP contribution in [0.3, 0.4) is 0 Å². The van der Waals surface area contributed by atoms with Gasteiger partial charge in [0.25, 0.3) is 0 Å². The van der Waals surface area contributed by atoms with Crippen molar-refractivity contribution in [2.45, 2.75) is 13.0 Å². The van der Waals surface area contributed by atoms with Crippen molar-refractivity contribution in [2.24, 2.45) is 5.84 Å². The summed E-state index contributed by atoms with van der Waals surface area (Å²) in [4.78, 5) is 8.69. The number of methoxy groups -OCH3 is 1. The number of nitrogen functional groups attached to an aromatic ring is 1. The topological polar surface area (TPSA) is 73.1 Å². The quantitative estimate of drug-likeness (QED) is 0.656. The number of nitrogens with two attached hydrogens (primary N) is 1.